The lowest BCUT2D eigenvalue weighted by molar-refractivity contribution is -0.134. The van der Waals surface area contributed by atoms with E-state index in [0.29, 0.717) is 11.3 Å². The van der Waals surface area contributed by atoms with Gasteiger partial charge >= 0.3 is 12.1 Å². The minimum absolute atomic E-state index is 0.0298. The van der Waals surface area contributed by atoms with Gasteiger partial charge in [0.05, 0.1) is 5.69 Å². The van der Waals surface area contributed by atoms with Crippen molar-refractivity contribution in [1.29, 1.82) is 0 Å². The fourth-order valence-electron chi connectivity index (χ4n) is 1.29. The van der Waals surface area contributed by atoms with E-state index in [1.165, 1.54) is 6.92 Å². The zero-order valence-corrected chi connectivity index (χ0v) is 10.7. The van der Waals surface area contributed by atoms with Gasteiger partial charge in [-0.05, 0) is 6.92 Å². The highest BCUT2D eigenvalue weighted by Gasteiger charge is 2.34. The van der Waals surface area contributed by atoms with Crippen LogP contribution in [0.5, 0.6) is 0 Å². The number of aryl methyl sites for hydroxylation is 1. The summed E-state index contributed by atoms with van der Waals surface area (Å²) in [6, 6.07) is 0. The molecule has 0 amide bonds. The van der Waals surface area contributed by atoms with E-state index < -0.39 is 17.0 Å². The molecule has 0 aliphatic carbocycles. The largest absolute Gasteiger partial charge is 0.476 e. The summed E-state index contributed by atoms with van der Waals surface area (Å²) in [5.41, 5.74) is -0.0331. The molecule has 2 heterocycles. The number of hydrogen-bond acceptors (Lipinski definition) is 3. The zero-order valence-electron chi connectivity index (χ0n) is 9.87. The van der Waals surface area contributed by atoms with Crippen LogP contribution in [0.1, 0.15) is 34.9 Å². The molecule has 0 aliphatic heterocycles. The third kappa shape index (κ3) is 2.47. The van der Waals surface area contributed by atoms with E-state index in [0.717, 1.165) is 10.6 Å². The molecule has 0 atom stereocenters. The highest BCUT2D eigenvalue weighted by Crippen LogP contribution is 2.35. The van der Waals surface area contributed by atoms with Gasteiger partial charge in [-0.2, -0.15) is 13.2 Å². The summed E-state index contributed by atoms with van der Waals surface area (Å²) in [6.07, 6.45) is -3.57. The normalized spacial score (nSPS) is 11.2. The lowest BCUT2D eigenvalue weighted by atomic mass is 10.3. The summed E-state index contributed by atoms with van der Waals surface area (Å²) in [4.78, 5) is 13.5. The first kappa shape index (κ1) is 14.5. The number of fused-ring (bicyclic) bond motifs is 1. The highest BCUT2D eigenvalue weighted by molar-refractivity contribution is 7.17. The number of hydrogen-bond donors (Lipinski definition) is 1. The number of carbonyl (C=O) groups is 1. The second-order valence-corrected chi connectivity index (χ2v) is 4.11. The maximum atomic E-state index is 12.3. The van der Waals surface area contributed by atoms with Crippen molar-refractivity contribution >= 4 is 22.3 Å². The van der Waals surface area contributed by atoms with Gasteiger partial charge in [-0.1, -0.05) is 25.2 Å². The van der Waals surface area contributed by atoms with Gasteiger partial charge in [-0.3, -0.25) is 4.40 Å². The Morgan fingerprint density at radius 3 is 2.39 bits per heavy atom. The van der Waals surface area contributed by atoms with Crippen LogP contribution in [0.25, 0.3) is 4.96 Å². The number of alkyl halides is 3. The van der Waals surface area contributed by atoms with Crippen molar-refractivity contribution in [2.45, 2.75) is 26.9 Å². The summed E-state index contributed by atoms with van der Waals surface area (Å²) in [6.45, 7) is 5.41. The first-order valence-corrected chi connectivity index (χ1v) is 5.91. The number of halogens is 3. The summed E-state index contributed by atoms with van der Waals surface area (Å²) < 4.78 is 38.2. The van der Waals surface area contributed by atoms with Gasteiger partial charge in [0.2, 0.25) is 0 Å². The molecule has 0 saturated heterocycles. The summed E-state index contributed by atoms with van der Waals surface area (Å²) in [5, 5.41) is 8.72. The molecule has 2 aromatic rings. The lowest BCUT2D eigenvalue weighted by Gasteiger charge is -1.99. The van der Waals surface area contributed by atoms with Crippen molar-refractivity contribution in [1.82, 2.24) is 9.38 Å². The number of nitrogens with zero attached hydrogens (tertiary/aromatic N) is 2. The first-order valence-electron chi connectivity index (χ1n) is 5.09. The average molecular weight is 280 g/mol. The molecule has 100 valence electrons. The predicted molar refractivity (Wildman–Crippen MR) is 61.1 cm³/mol. The fourth-order valence-corrected chi connectivity index (χ4v) is 2.18. The van der Waals surface area contributed by atoms with E-state index in [4.69, 9.17) is 5.11 Å². The van der Waals surface area contributed by atoms with Crippen LogP contribution in [-0.4, -0.2) is 20.5 Å². The summed E-state index contributed by atoms with van der Waals surface area (Å²) in [5.74, 6) is -1.25. The molecule has 0 spiro atoms. The van der Waals surface area contributed by atoms with Gasteiger partial charge in [0.25, 0.3) is 0 Å². The number of aromatic nitrogens is 2. The molecule has 0 bridgehead atoms. The van der Waals surface area contributed by atoms with Crippen molar-refractivity contribution in [3.8, 4) is 0 Å². The molecule has 8 heteroatoms. The topological polar surface area (TPSA) is 54.6 Å². The van der Waals surface area contributed by atoms with Crippen LogP contribution in [0.15, 0.2) is 6.20 Å². The molecule has 0 fully saturated rings. The van der Waals surface area contributed by atoms with E-state index in [2.05, 4.69) is 4.98 Å². The van der Waals surface area contributed by atoms with E-state index in [1.54, 1.807) is 0 Å². The number of thiazole rings is 1. The van der Waals surface area contributed by atoms with E-state index in [-0.39, 0.29) is 16.3 Å². The monoisotopic (exact) mass is 280 g/mol. The van der Waals surface area contributed by atoms with Crippen LogP contribution in [0, 0.1) is 6.92 Å². The first-order chi connectivity index (χ1) is 8.30. The Bertz CT molecular complexity index is 571. The Morgan fingerprint density at radius 1 is 1.44 bits per heavy atom. The predicted octanol–water partition coefficient (Wildman–Crippen LogP) is 3.45. The van der Waals surface area contributed by atoms with Crippen molar-refractivity contribution in [2.75, 3.05) is 0 Å². The van der Waals surface area contributed by atoms with Gasteiger partial charge in [0.15, 0.2) is 10.7 Å². The van der Waals surface area contributed by atoms with Gasteiger partial charge in [0.1, 0.15) is 4.88 Å². The zero-order chi connectivity index (χ0) is 14.1. The van der Waals surface area contributed by atoms with E-state index in [1.807, 2.05) is 13.8 Å². The van der Waals surface area contributed by atoms with Crippen LogP contribution in [-0.2, 0) is 6.18 Å². The van der Waals surface area contributed by atoms with Crippen LogP contribution < -0.4 is 0 Å². The molecule has 0 radical (unpaired) electrons. The molecular weight excluding hydrogens is 269 g/mol. The van der Waals surface area contributed by atoms with Crippen molar-refractivity contribution in [2.24, 2.45) is 0 Å². The second kappa shape index (κ2) is 4.97. The Balaban J connectivity index is 0.000000771. The smallest absolute Gasteiger partial charge is 0.427 e. The number of carboxylic acid groups (broad SMARTS) is 1. The van der Waals surface area contributed by atoms with Crippen LogP contribution in [0.3, 0.4) is 0 Å². The van der Waals surface area contributed by atoms with Crippen molar-refractivity contribution in [3.05, 3.63) is 22.5 Å². The maximum absolute atomic E-state index is 12.3. The third-order valence-corrected chi connectivity index (χ3v) is 3.07. The lowest BCUT2D eigenvalue weighted by Crippen LogP contribution is -2.03. The molecule has 18 heavy (non-hydrogen) atoms. The van der Waals surface area contributed by atoms with E-state index in [9.17, 15) is 18.0 Å². The Hall–Kier alpha value is -1.57. The van der Waals surface area contributed by atoms with Gasteiger partial charge < -0.3 is 5.11 Å². The molecule has 0 aromatic carbocycles. The minimum atomic E-state index is -4.43. The van der Waals surface area contributed by atoms with Crippen molar-refractivity contribution in [3.63, 3.8) is 0 Å². The van der Waals surface area contributed by atoms with Crippen LogP contribution >= 0.6 is 11.3 Å². The SMILES string of the molecule is CC.Cc1c(C(=O)O)nc2sc(C(F)(F)F)cn12. The summed E-state index contributed by atoms with van der Waals surface area (Å²) in [7, 11) is 0. The van der Waals surface area contributed by atoms with Gasteiger partial charge in [-0.25, -0.2) is 9.78 Å². The average Bonchev–Trinajstić information content (AvgIpc) is 2.81. The second-order valence-electron chi connectivity index (χ2n) is 3.10. The van der Waals surface area contributed by atoms with Crippen molar-refractivity contribution < 1.29 is 23.1 Å². The van der Waals surface area contributed by atoms with Gasteiger partial charge in [0, 0.05) is 6.20 Å². The number of aromatic carboxylic acids is 1. The van der Waals surface area contributed by atoms with E-state index >= 15 is 0 Å². The number of rotatable bonds is 1. The fraction of sp³-hybridized carbons (Fsp3) is 0.400. The Kier molecular flexibility index (Phi) is 4.00. The maximum Gasteiger partial charge on any atom is 0.427 e. The van der Waals surface area contributed by atoms with Crippen LogP contribution in [0.4, 0.5) is 13.2 Å². The minimum Gasteiger partial charge on any atom is -0.476 e. The van der Waals surface area contributed by atoms with Gasteiger partial charge in [-0.15, -0.1) is 0 Å². The molecule has 2 rings (SSSR count). The molecule has 4 nitrogen and oxygen atoms in total. The molecule has 0 aliphatic rings. The molecule has 2 aromatic heterocycles. The summed E-state index contributed by atoms with van der Waals surface area (Å²) >= 11 is 0.420. The Labute approximate surface area is 105 Å². The molecule has 0 unspecified atom stereocenters. The highest BCUT2D eigenvalue weighted by atomic mass is 32.1. The molecule has 0 saturated carbocycles. The standard InChI is InChI=1S/C8H5F3N2O2S.C2H6/c1-3-5(6(14)15)12-7-13(3)2-4(16-7)8(9,10)11;1-2/h2H,1H3,(H,14,15);1-2H3. The quantitative estimate of drug-likeness (QED) is 0.870. The molecule has 1 N–H and O–H groups in total. The number of carboxylic acids is 1. The molecular formula is C10H11F3N2O2S. The number of imidazole rings is 1. The van der Waals surface area contributed by atoms with Crippen LogP contribution in [0.2, 0.25) is 0 Å². The third-order valence-electron chi connectivity index (χ3n) is 2.05. The Morgan fingerprint density at radius 2 is 2.00 bits per heavy atom.